The molecule has 3 N–H and O–H groups in total. The van der Waals surface area contributed by atoms with Crippen LogP contribution < -0.4 is 11.1 Å². The number of nitriles is 1. The Labute approximate surface area is 118 Å². The third-order valence-electron chi connectivity index (χ3n) is 2.38. The number of nitrogens with two attached hydrogens (primary N) is 1. The lowest BCUT2D eigenvalue weighted by Gasteiger charge is -2.08. The summed E-state index contributed by atoms with van der Waals surface area (Å²) >= 11 is 9.33. The van der Waals surface area contributed by atoms with Gasteiger partial charge in [-0.25, -0.2) is 0 Å². The molecule has 0 saturated heterocycles. The summed E-state index contributed by atoms with van der Waals surface area (Å²) in [4.78, 5) is 0. The molecule has 90 valence electrons. The Morgan fingerprint density at radius 1 is 1.17 bits per heavy atom. The lowest BCUT2D eigenvalue weighted by atomic mass is 10.2. The average Bonchev–Trinajstić information content (AvgIpc) is 2.34. The summed E-state index contributed by atoms with van der Waals surface area (Å²) in [6.45, 7) is 0. The highest BCUT2D eigenvalue weighted by atomic mass is 79.9. The van der Waals surface area contributed by atoms with E-state index in [0.717, 1.165) is 15.8 Å². The van der Waals surface area contributed by atoms with Crippen LogP contribution >= 0.6 is 27.5 Å². The predicted molar refractivity (Wildman–Crippen MR) is 78.0 cm³/mol. The first-order valence-corrected chi connectivity index (χ1v) is 6.29. The molecule has 0 aliphatic heterocycles. The molecule has 0 heterocycles. The fourth-order valence-corrected chi connectivity index (χ4v) is 1.91. The molecule has 2 rings (SSSR count). The van der Waals surface area contributed by atoms with Crippen LogP contribution in [0, 0.1) is 11.3 Å². The largest absolute Gasteiger partial charge is 0.398 e. The van der Waals surface area contributed by atoms with Gasteiger partial charge in [-0.05, 0) is 52.3 Å². The van der Waals surface area contributed by atoms with Gasteiger partial charge < -0.3 is 11.1 Å². The van der Waals surface area contributed by atoms with E-state index in [2.05, 4.69) is 21.2 Å². The second-order valence-electron chi connectivity index (χ2n) is 3.67. The summed E-state index contributed by atoms with van der Waals surface area (Å²) in [5.74, 6) is 0. The molecule has 0 fully saturated rings. The zero-order chi connectivity index (χ0) is 13.1. The van der Waals surface area contributed by atoms with Crippen LogP contribution in [0.15, 0.2) is 40.9 Å². The van der Waals surface area contributed by atoms with Crippen LogP contribution in [0.3, 0.4) is 0 Å². The van der Waals surface area contributed by atoms with Crippen LogP contribution in [0.25, 0.3) is 0 Å². The monoisotopic (exact) mass is 321 g/mol. The normalized spacial score (nSPS) is 9.83. The van der Waals surface area contributed by atoms with Crippen LogP contribution in [0.5, 0.6) is 0 Å². The van der Waals surface area contributed by atoms with Gasteiger partial charge in [0.2, 0.25) is 0 Å². The van der Waals surface area contributed by atoms with E-state index in [0.29, 0.717) is 16.3 Å². The van der Waals surface area contributed by atoms with Crippen molar-refractivity contribution in [3.05, 3.63) is 51.5 Å². The average molecular weight is 323 g/mol. The van der Waals surface area contributed by atoms with E-state index in [1.165, 1.54) is 0 Å². The van der Waals surface area contributed by atoms with Crippen LogP contribution in [-0.4, -0.2) is 0 Å². The van der Waals surface area contributed by atoms with Crippen molar-refractivity contribution in [3.8, 4) is 6.07 Å². The molecule has 0 aliphatic rings. The Morgan fingerprint density at radius 2 is 1.83 bits per heavy atom. The van der Waals surface area contributed by atoms with Crippen LogP contribution in [-0.2, 0) is 0 Å². The standard InChI is InChI=1S/C13H9BrClN3/c14-11-4-3-9(5-12(11)15)18-10-2-1-8(7-16)13(17)6-10/h1-6,18H,17H2. The Bertz CT molecular complexity index is 635. The second kappa shape index (κ2) is 5.30. The number of benzene rings is 2. The molecular formula is C13H9BrClN3. The van der Waals surface area contributed by atoms with Crippen molar-refractivity contribution in [3.63, 3.8) is 0 Å². The maximum Gasteiger partial charge on any atom is 0.101 e. The fraction of sp³-hybridized carbons (Fsp3) is 0. The number of anilines is 3. The summed E-state index contributed by atoms with van der Waals surface area (Å²) in [5.41, 5.74) is 8.32. The van der Waals surface area contributed by atoms with Gasteiger partial charge in [-0.2, -0.15) is 5.26 Å². The van der Waals surface area contributed by atoms with Gasteiger partial charge in [-0.15, -0.1) is 0 Å². The fourth-order valence-electron chi connectivity index (χ4n) is 1.48. The molecule has 0 spiro atoms. The van der Waals surface area contributed by atoms with E-state index in [1.54, 1.807) is 24.3 Å². The number of hydrogen-bond acceptors (Lipinski definition) is 3. The topological polar surface area (TPSA) is 61.8 Å². The van der Waals surface area contributed by atoms with E-state index >= 15 is 0 Å². The van der Waals surface area contributed by atoms with E-state index in [4.69, 9.17) is 22.6 Å². The maximum atomic E-state index is 8.79. The number of halogens is 2. The van der Waals surface area contributed by atoms with E-state index in [9.17, 15) is 0 Å². The van der Waals surface area contributed by atoms with Crippen molar-refractivity contribution in [2.24, 2.45) is 0 Å². The highest BCUT2D eigenvalue weighted by Crippen LogP contribution is 2.28. The van der Waals surface area contributed by atoms with Crippen molar-refractivity contribution >= 4 is 44.6 Å². The van der Waals surface area contributed by atoms with Gasteiger partial charge >= 0.3 is 0 Å². The van der Waals surface area contributed by atoms with Crippen LogP contribution in [0.1, 0.15) is 5.56 Å². The minimum absolute atomic E-state index is 0.450. The molecule has 0 atom stereocenters. The molecule has 0 aliphatic carbocycles. The molecule has 0 aromatic heterocycles. The molecule has 2 aromatic rings. The first-order valence-electron chi connectivity index (χ1n) is 5.12. The summed E-state index contributed by atoms with van der Waals surface area (Å²) < 4.78 is 0.842. The van der Waals surface area contributed by atoms with Crippen molar-refractivity contribution in [2.45, 2.75) is 0 Å². The van der Waals surface area contributed by atoms with Crippen molar-refractivity contribution < 1.29 is 0 Å². The van der Waals surface area contributed by atoms with Crippen molar-refractivity contribution in [2.75, 3.05) is 11.1 Å². The van der Waals surface area contributed by atoms with Gasteiger partial charge in [0.15, 0.2) is 0 Å². The Kier molecular flexibility index (Phi) is 3.75. The third-order valence-corrected chi connectivity index (χ3v) is 3.61. The molecule has 0 amide bonds. The number of rotatable bonds is 2. The number of nitrogens with one attached hydrogen (secondary N) is 1. The Morgan fingerprint density at radius 3 is 2.44 bits per heavy atom. The minimum Gasteiger partial charge on any atom is -0.398 e. The van der Waals surface area contributed by atoms with Gasteiger partial charge in [0, 0.05) is 15.8 Å². The quantitative estimate of drug-likeness (QED) is 0.810. The highest BCUT2D eigenvalue weighted by molar-refractivity contribution is 9.10. The molecule has 18 heavy (non-hydrogen) atoms. The summed E-state index contributed by atoms with van der Waals surface area (Å²) in [6, 6.07) is 12.8. The zero-order valence-electron chi connectivity index (χ0n) is 9.24. The molecule has 0 bridgehead atoms. The zero-order valence-corrected chi connectivity index (χ0v) is 11.6. The summed E-state index contributed by atoms with van der Waals surface area (Å²) in [7, 11) is 0. The first kappa shape index (κ1) is 12.7. The summed E-state index contributed by atoms with van der Waals surface area (Å²) in [6.07, 6.45) is 0. The molecule has 0 saturated carbocycles. The van der Waals surface area contributed by atoms with Crippen molar-refractivity contribution in [1.82, 2.24) is 0 Å². The maximum absolute atomic E-state index is 8.79. The lowest BCUT2D eigenvalue weighted by Crippen LogP contribution is -1.94. The molecule has 2 aromatic carbocycles. The van der Waals surface area contributed by atoms with E-state index in [1.807, 2.05) is 18.2 Å². The highest BCUT2D eigenvalue weighted by Gasteiger charge is 2.02. The van der Waals surface area contributed by atoms with Gasteiger partial charge in [0.1, 0.15) is 6.07 Å². The smallest absolute Gasteiger partial charge is 0.101 e. The third kappa shape index (κ3) is 2.76. The second-order valence-corrected chi connectivity index (χ2v) is 4.93. The number of hydrogen-bond donors (Lipinski definition) is 2. The van der Waals surface area contributed by atoms with Crippen LogP contribution in [0.2, 0.25) is 5.02 Å². The van der Waals surface area contributed by atoms with E-state index in [-0.39, 0.29) is 0 Å². The van der Waals surface area contributed by atoms with Crippen molar-refractivity contribution in [1.29, 1.82) is 5.26 Å². The van der Waals surface area contributed by atoms with Gasteiger partial charge in [-0.3, -0.25) is 0 Å². The first-order chi connectivity index (χ1) is 8.60. The van der Waals surface area contributed by atoms with Crippen LogP contribution in [0.4, 0.5) is 17.1 Å². The minimum atomic E-state index is 0.450. The SMILES string of the molecule is N#Cc1ccc(Nc2ccc(Br)c(Cl)c2)cc1N. The molecule has 0 unspecified atom stereocenters. The summed E-state index contributed by atoms with van der Waals surface area (Å²) in [5, 5.41) is 12.6. The molecule has 0 radical (unpaired) electrons. The van der Waals surface area contributed by atoms with E-state index < -0.39 is 0 Å². The lowest BCUT2D eigenvalue weighted by molar-refractivity contribution is 1.47. The van der Waals surface area contributed by atoms with Gasteiger partial charge in [0.25, 0.3) is 0 Å². The Hall–Kier alpha value is -1.70. The molecular weight excluding hydrogens is 314 g/mol. The predicted octanol–water partition coefficient (Wildman–Crippen LogP) is 4.30. The van der Waals surface area contributed by atoms with Gasteiger partial charge in [-0.1, -0.05) is 11.6 Å². The van der Waals surface area contributed by atoms with Gasteiger partial charge in [0.05, 0.1) is 16.3 Å². The molecule has 5 heteroatoms. The number of nitrogen functional groups attached to an aromatic ring is 1. The number of nitrogens with zero attached hydrogens (tertiary/aromatic N) is 1. The Balaban J connectivity index is 2.26. The molecule has 3 nitrogen and oxygen atoms in total.